The molecule has 0 radical (unpaired) electrons. The first-order valence-electron chi connectivity index (χ1n) is 9.65. The van der Waals surface area contributed by atoms with Crippen LogP contribution in [-0.4, -0.2) is 72.3 Å². The molecular weight excluding hydrogens is 446 g/mol. The monoisotopic (exact) mass is 475 g/mol. The van der Waals surface area contributed by atoms with Gasteiger partial charge in [-0.05, 0) is 40.7 Å². The number of rotatable bonds is 11. The molecule has 0 unspecified atom stereocenters. The molecule has 0 saturated carbocycles. The number of nitro benzene ring substituents is 1. The van der Waals surface area contributed by atoms with Crippen LogP contribution in [0.5, 0.6) is 0 Å². The van der Waals surface area contributed by atoms with Crippen LogP contribution >= 0.6 is 0 Å². The van der Waals surface area contributed by atoms with Gasteiger partial charge in [0.05, 0.1) is 18.1 Å². The Morgan fingerprint density at radius 2 is 1.75 bits per heavy atom. The third-order valence-electron chi connectivity index (χ3n) is 4.13. The molecule has 0 aliphatic carbocycles. The summed E-state index contributed by atoms with van der Waals surface area (Å²) in [6, 6.07) is 4.69. The molecule has 0 fully saturated rings. The number of hydrogen-bond donors (Lipinski definition) is 2. The molecule has 0 bridgehead atoms. The summed E-state index contributed by atoms with van der Waals surface area (Å²) >= 11 is 0. The Hall–Kier alpha value is -2.77. The van der Waals surface area contributed by atoms with Crippen LogP contribution in [0.1, 0.15) is 34.6 Å². The largest absolute Gasteiger partial charge is 0.480 e. The smallest absolute Gasteiger partial charge is 0.407 e. The van der Waals surface area contributed by atoms with E-state index in [1.807, 2.05) is 0 Å². The Bertz CT molecular complexity index is 940. The van der Waals surface area contributed by atoms with E-state index in [0.29, 0.717) is 4.31 Å². The Morgan fingerprint density at radius 1 is 1.16 bits per heavy atom. The van der Waals surface area contributed by atoms with E-state index in [1.54, 1.807) is 20.8 Å². The van der Waals surface area contributed by atoms with Gasteiger partial charge in [0.2, 0.25) is 0 Å². The van der Waals surface area contributed by atoms with E-state index in [2.05, 4.69) is 5.32 Å². The fourth-order valence-corrected chi connectivity index (χ4v) is 4.43. The van der Waals surface area contributed by atoms with Gasteiger partial charge in [-0.15, -0.1) is 0 Å². The first kappa shape index (κ1) is 27.3. The molecule has 13 heteroatoms. The lowest BCUT2D eigenvalue weighted by Crippen LogP contribution is -2.54. The summed E-state index contributed by atoms with van der Waals surface area (Å²) in [5.41, 5.74) is -3.25. The topological polar surface area (TPSA) is 165 Å². The van der Waals surface area contributed by atoms with Gasteiger partial charge >= 0.3 is 12.1 Å². The lowest BCUT2D eigenvalue weighted by molar-refractivity contribution is -0.387. The fraction of sp³-hybridized carbons (Fsp3) is 0.579. The quantitative estimate of drug-likeness (QED) is 0.276. The Labute approximate surface area is 186 Å². The van der Waals surface area contributed by atoms with Crippen molar-refractivity contribution in [2.45, 2.75) is 50.7 Å². The average molecular weight is 476 g/mol. The molecule has 32 heavy (non-hydrogen) atoms. The van der Waals surface area contributed by atoms with Crippen molar-refractivity contribution in [3.63, 3.8) is 0 Å². The number of nitrogens with zero attached hydrogens (tertiary/aromatic N) is 2. The predicted molar refractivity (Wildman–Crippen MR) is 114 cm³/mol. The van der Waals surface area contributed by atoms with Gasteiger partial charge < -0.3 is 19.9 Å². The average Bonchev–Trinajstić information content (AvgIpc) is 2.65. The normalized spacial score (nSPS) is 12.4. The van der Waals surface area contributed by atoms with Crippen molar-refractivity contribution in [1.82, 2.24) is 9.62 Å². The number of carboxylic acid groups (broad SMARTS) is 1. The molecule has 1 rings (SSSR count). The third-order valence-corrected chi connectivity index (χ3v) is 6.25. The summed E-state index contributed by atoms with van der Waals surface area (Å²) in [5.74, 6) is -1.44. The zero-order valence-electron chi connectivity index (χ0n) is 18.7. The molecular formula is C19H29N3O9S. The molecule has 0 aromatic heterocycles. The van der Waals surface area contributed by atoms with E-state index >= 15 is 0 Å². The minimum atomic E-state index is -4.56. The molecule has 0 heterocycles. The Morgan fingerprint density at radius 3 is 2.28 bits per heavy atom. The van der Waals surface area contributed by atoms with Crippen LogP contribution in [0.3, 0.4) is 0 Å². The summed E-state index contributed by atoms with van der Waals surface area (Å²) in [4.78, 5) is 33.1. The first-order valence-corrected chi connectivity index (χ1v) is 11.1. The number of aliphatic carboxylic acids is 1. The van der Waals surface area contributed by atoms with Crippen LogP contribution in [-0.2, 0) is 24.3 Å². The number of nitrogens with one attached hydrogen (secondary N) is 1. The second kappa shape index (κ2) is 10.7. The second-order valence-electron chi connectivity index (χ2n) is 8.21. The number of carbonyl (C=O) groups excluding carboxylic acids is 1. The highest BCUT2D eigenvalue weighted by Gasteiger charge is 2.44. The molecule has 0 saturated heterocycles. The highest BCUT2D eigenvalue weighted by molar-refractivity contribution is 7.89. The van der Waals surface area contributed by atoms with Gasteiger partial charge in [0, 0.05) is 19.2 Å². The van der Waals surface area contributed by atoms with E-state index in [-0.39, 0.29) is 26.3 Å². The highest BCUT2D eigenvalue weighted by Crippen LogP contribution is 2.30. The number of para-hydroxylation sites is 1. The van der Waals surface area contributed by atoms with Crippen LogP contribution in [0.15, 0.2) is 29.2 Å². The zero-order chi connectivity index (χ0) is 24.7. The van der Waals surface area contributed by atoms with Crippen LogP contribution < -0.4 is 5.32 Å². The maximum absolute atomic E-state index is 13.2. The van der Waals surface area contributed by atoms with Crippen LogP contribution in [0.4, 0.5) is 10.5 Å². The van der Waals surface area contributed by atoms with E-state index in [9.17, 15) is 33.2 Å². The number of nitro groups is 1. The van der Waals surface area contributed by atoms with Crippen molar-refractivity contribution in [1.29, 1.82) is 0 Å². The first-order chi connectivity index (χ1) is 14.6. The van der Waals surface area contributed by atoms with Crippen molar-refractivity contribution in [2.24, 2.45) is 0 Å². The van der Waals surface area contributed by atoms with Crippen molar-refractivity contribution in [3.8, 4) is 0 Å². The lowest BCUT2D eigenvalue weighted by atomic mass is 10.1. The number of amides is 1. The maximum atomic E-state index is 13.2. The Balaban J connectivity index is 2.92. The van der Waals surface area contributed by atoms with E-state index < -0.39 is 48.7 Å². The maximum Gasteiger partial charge on any atom is 0.407 e. The van der Waals surface area contributed by atoms with Gasteiger partial charge in [-0.25, -0.2) is 13.2 Å². The van der Waals surface area contributed by atoms with Crippen LogP contribution in [0.25, 0.3) is 0 Å². The van der Waals surface area contributed by atoms with Gasteiger partial charge in [0.25, 0.3) is 15.7 Å². The zero-order valence-corrected chi connectivity index (χ0v) is 19.5. The van der Waals surface area contributed by atoms with Crippen LogP contribution in [0, 0.1) is 10.1 Å². The summed E-state index contributed by atoms with van der Waals surface area (Å²) in [7, 11) is -4.56. The third kappa shape index (κ3) is 7.43. The van der Waals surface area contributed by atoms with Crippen molar-refractivity contribution < 1.29 is 37.5 Å². The van der Waals surface area contributed by atoms with Crippen molar-refractivity contribution >= 4 is 27.8 Å². The number of carbonyl (C=O) groups is 2. The minimum Gasteiger partial charge on any atom is -0.480 e. The predicted octanol–water partition coefficient (Wildman–Crippen LogP) is 1.99. The number of ether oxygens (including phenoxy) is 2. The van der Waals surface area contributed by atoms with Gasteiger partial charge in [-0.1, -0.05) is 12.1 Å². The van der Waals surface area contributed by atoms with Gasteiger partial charge in [-0.3, -0.25) is 14.9 Å². The molecule has 12 nitrogen and oxygen atoms in total. The van der Waals surface area contributed by atoms with Crippen LogP contribution in [0.2, 0.25) is 0 Å². The van der Waals surface area contributed by atoms with Gasteiger partial charge in [-0.2, -0.15) is 4.31 Å². The minimum absolute atomic E-state index is 0.00607. The summed E-state index contributed by atoms with van der Waals surface area (Å²) in [6.07, 6.45) is -0.645. The summed E-state index contributed by atoms with van der Waals surface area (Å²) < 4.78 is 37.4. The Kier molecular flexibility index (Phi) is 9.12. The molecule has 0 aliphatic heterocycles. The molecule has 2 N–H and O–H groups in total. The summed E-state index contributed by atoms with van der Waals surface area (Å²) in [6.45, 7) is 6.95. The molecule has 0 aliphatic rings. The van der Waals surface area contributed by atoms with E-state index in [0.717, 1.165) is 12.1 Å². The number of hydrogen-bond acceptors (Lipinski definition) is 8. The van der Waals surface area contributed by atoms with Crippen molar-refractivity contribution in [3.05, 3.63) is 34.4 Å². The highest BCUT2D eigenvalue weighted by atomic mass is 32.2. The standard InChI is InChI=1S/C19H29N3O9S/c1-18(2,3)31-17(25)20-10-12-30-13-11-21(19(4,5)16(23)24)32(28,29)15-9-7-6-8-14(15)22(26)27/h6-9H,10-13H2,1-5H3,(H,20,25)(H,23,24). The fourth-order valence-electron chi connectivity index (χ4n) is 2.54. The number of benzene rings is 1. The van der Waals surface area contributed by atoms with Crippen molar-refractivity contribution in [2.75, 3.05) is 26.3 Å². The molecule has 1 aromatic rings. The molecule has 1 amide bonds. The SMILES string of the molecule is CC(C)(C)OC(=O)NCCOCCN(C(C)(C)C(=O)O)S(=O)(=O)c1ccccc1[N+](=O)[O-]. The summed E-state index contributed by atoms with van der Waals surface area (Å²) in [5, 5.41) is 23.3. The molecule has 0 spiro atoms. The number of alkyl carbamates (subject to hydrolysis) is 1. The molecule has 1 aromatic carbocycles. The van der Waals surface area contributed by atoms with Gasteiger partial charge in [0.1, 0.15) is 11.1 Å². The lowest BCUT2D eigenvalue weighted by Gasteiger charge is -2.33. The molecule has 0 atom stereocenters. The second-order valence-corrected chi connectivity index (χ2v) is 10.0. The van der Waals surface area contributed by atoms with E-state index in [1.165, 1.54) is 26.0 Å². The molecule has 180 valence electrons. The number of sulfonamides is 1. The number of carboxylic acids is 1. The van der Waals surface area contributed by atoms with E-state index in [4.69, 9.17) is 9.47 Å². The van der Waals surface area contributed by atoms with Gasteiger partial charge in [0.15, 0.2) is 4.90 Å².